The smallest absolute Gasteiger partial charge is 0.137 e. The summed E-state index contributed by atoms with van der Waals surface area (Å²) in [4.78, 5) is 14.1. The molecular formula is C19H29ClN6. The summed E-state index contributed by atoms with van der Waals surface area (Å²) in [5, 5.41) is 8.15. The van der Waals surface area contributed by atoms with Gasteiger partial charge in [0.05, 0.1) is 11.2 Å². The molecule has 3 heterocycles. The number of halogens is 1. The van der Waals surface area contributed by atoms with Crippen molar-refractivity contribution in [1.82, 2.24) is 20.2 Å². The van der Waals surface area contributed by atoms with E-state index in [4.69, 9.17) is 0 Å². The number of anilines is 2. The van der Waals surface area contributed by atoms with Crippen LogP contribution < -0.4 is 15.5 Å². The zero-order chi connectivity index (χ0) is 17.1. The number of piperazine rings is 1. The zero-order valence-electron chi connectivity index (χ0n) is 15.4. The molecule has 0 amide bonds. The fourth-order valence-corrected chi connectivity index (χ4v) is 3.96. The van der Waals surface area contributed by atoms with Crippen LogP contribution in [0.2, 0.25) is 0 Å². The number of hydrogen-bond donors (Lipinski definition) is 2. The van der Waals surface area contributed by atoms with E-state index in [0.29, 0.717) is 6.04 Å². The molecule has 0 aliphatic carbocycles. The summed E-state index contributed by atoms with van der Waals surface area (Å²) in [5.41, 5.74) is 2.31. The second-order valence-electron chi connectivity index (χ2n) is 7.19. The Morgan fingerprint density at radius 3 is 2.65 bits per heavy atom. The van der Waals surface area contributed by atoms with Gasteiger partial charge in [-0.05, 0) is 31.9 Å². The Morgan fingerprint density at radius 2 is 1.88 bits per heavy atom. The molecule has 26 heavy (non-hydrogen) atoms. The molecule has 7 heteroatoms. The van der Waals surface area contributed by atoms with E-state index >= 15 is 0 Å². The van der Waals surface area contributed by atoms with Gasteiger partial charge in [-0.2, -0.15) is 0 Å². The third kappa shape index (κ3) is 4.19. The highest BCUT2D eigenvalue weighted by atomic mass is 35.5. The summed E-state index contributed by atoms with van der Waals surface area (Å²) in [5.74, 6) is 0.952. The van der Waals surface area contributed by atoms with Crippen molar-refractivity contribution in [1.29, 1.82) is 0 Å². The van der Waals surface area contributed by atoms with Crippen LogP contribution in [0.15, 0.2) is 24.5 Å². The van der Waals surface area contributed by atoms with Gasteiger partial charge in [0.25, 0.3) is 0 Å². The third-order valence-corrected chi connectivity index (χ3v) is 5.22. The zero-order valence-corrected chi connectivity index (χ0v) is 16.3. The fraction of sp³-hybridized carbons (Fsp3) is 0.579. The van der Waals surface area contributed by atoms with Crippen molar-refractivity contribution >= 4 is 34.8 Å². The van der Waals surface area contributed by atoms with Gasteiger partial charge in [0, 0.05) is 57.2 Å². The fourth-order valence-electron chi connectivity index (χ4n) is 3.96. The first kappa shape index (κ1) is 19.1. The summed E-state index contributed by atoms with van der Waals surface area (Å²) in [6.07, 6.45) is 4.24. The molecule has 1 atom stereocenters. The van der Waals surface area contributed by atoms with Gasteiger partial charge in [0.15, 0.2) is 0 Å². The van der Waals surface area contributed by atoms with Gasteiger partial charge >= 0.3 is 0 Å². The van der Waals surface area contributed by atoms with Gasteiger partial charge in [-0.15, -0.1) is 12.4 Å². The Bertz CT molecular complexity index is 712. The summed E-state index contributed by atoms with van der Waals surface area (Å²) < 4.78 is 0. The SMILES string of the molecule is C[C@@H](CN1CCNCC1)Nc1ncnc2c(N3CCCC3)cccc12.Cl. The lowest BCUT2D eigenvalue weighted by Gasteiger charge is -2.30. The highest BCUT2D eigenvalue weighted by Gasteiger charge is 2.18. The van der Waals surface area contributed by atoms with Gasteiger partial charge in [-0.25, -0.2) is 9.97 Å². The Balaban J connectivity index is 0.00000196. The second-order valence-corrected chi connectivity index (χ2v) is 7.19. The van der Waals surface area contributed by atoms with Crippen molar-refractivity contribution in [2.24, 2.45) is 0 Å². The molecule has 4 rings (SSSR count). The molecule has 0 bridgehead atoms. The Morgan fingerprint density at radius 1 is 1.12 bits per heavy atom. The molecule has 2 fully saturated rings. The molecule has 2 saturated heterocycles. The van der Waals surface area contributed by atoms with Crippen LogP contribution in [0.1, 0.15) is 19.8 Å². The first-order chi connectivity index (χ1) is 12.3. The van der Waals surface area contributed by atoms with Crippen LogP contribution >= 0.6 is 12.4 Å². The minimum absolute atomic E-state index is 0. The average molecular weight is 377 g/mol. The van der Waals surface area contributed by atoms with Crippen LogP contribution in [-0.4, -0.2) is 66.7 Å². The molecule has 6 nitrogen and oxygen atoms in total. The van der Waals surface area contributed by atoms with Crippen LogP contribution in [0.4, 0.5) is 11.5 Å². The van der Waals surface area contributed by atoms with Crippen LogP contribution in [0.25, 0.3) is 10.9 Å². The van der Waals surface area contributed by atoms with Gasteiger partial charge in [-0.3, -0.25) is 4.90 Å². The third-order valence-electron chi connectivity index (χ3n) is 5.22. The summed E-state index contributed by atoms with van der Waals surface area (Å²) in [6, 6.07) is 6.81. The quantitative estimate of drug-likeness (QED) is 0.835. The van der Waals surface area contributed by atoms with Crippen molar-refractivity contribution in [3.8, 4) is 0 Å². The standard InChI is InChI=1S/C19H28N6.ClH/c1-15(13-24-11-7-20-8-12-24)23-19-16-5-4-6-17(18(16)21-14-22-19)25-9-2-3-10-25;/h4-6,14-15,20H,2-3,7-13H2,1H3,(H,21,22,23);1H/t15-;/m0./s1. The first-order valence-corrected chi connectivity index (χ1v) is 9.49. The molecule has 0 radical (unpaired) electrons. The molecular weight excluding hydrogens is 348 g/mol. The van der Waals surface area contributed by atoms with E-state index in [1.54, 1.807) is 6.33 Å². The van der Waals surface area contributed by atoms with E-state index in [-0.39, 0.29) is 12.4 Å². The molecule has 2 aliphatic rings. The lowest BCUT2D eigenvalue weighted by Crippen LogP contribution is -2.47. The maximum absolute atomic E-state index is 4.60. The number of benzene rings is 1. The Kier molecular flexibility index (Phi) is 6.51. The number of nitrogens with one attached hydrogen (secondary N) is 2. The molecule has 0 unspecified atom stereocenters. The minimum atomic E-state index is 0. The predicted molar refractivity (Wildman–Crippen MR) is 111 cm³/mol. The van der Waals surface area contributed by atoms with Gasteiger partial charge in [-0.1, -0.05) is 6.07 Å². The van der Waals surface area contributed by atoms with Crippen molar-refractivity contribution in [3.05, 3.63) is 24.5 Å². The van der Waals surface area contributed by atoms with Crippen molar-refractivity contribution in [2.75, 3.05) is 56.0 Å². The van der Waals surface area contributed by atoms with E-state index in [0.717, 1.165) is 62.5 Å². The van der Waals surface area contributed by atoms with Crippen LogP contribution in [-0.2, 0) is 0 Å². The van der Waals surface area contributed by atoms with Crippen molar-refractivity contribution in [2.45, 2.75) is 25.8 Å². The van der Waals surface area contributed by atoms with Crippen LogP contribution in [0, 0.1) is 0 Å². The van der Waals surface area contributed by atoms with E-state index in [1.165, 1.54) is 18.5 Å². The topological polar surface area (TPSA) is 56.3 Å². The van der Waals surface area contributed by atoms with Gasteiger partial charge < -0.3 is 15.5 Å². The van der Waals surface area contributed by atoms with E-state index in [2.05, 4.69) is 55.5 Å². The molecule has 142 valence electrons. The first-order valence-electron chi connectivity index (χ1n) is 9.49. The van der Waals surface area contributed by atoms with E-state index < -0.39 is 0 Å². The summed E-state index contributed by atoms with van der Waals surface area (Å²) >= 11 is 0. The molecule has 2 aliphatic heterocycles. The number of hydrogen-bond acceptors (Lipinski definition) is 6. The van der Waals surface area contributed by atoms with E-state index in [9.17, 15) is 0 Å². The Labute approximate surface area is 161 Å². The monoisotopic (exact) mass is 376 g/mol. The largest absolute Gasteiger partial charge is 0.370 e. The molecule has 2 aromatic rings. The molecule has 2 N–H and O–H groups in total. The predicted octanol–water partition coefficient (Wildman–Crippen LogP) is 2.36. The lowest BCUT2D eigenvalue weighted by atomic mass is 10.1. The maximum atomic E-state index is 4.60. The van der Waals surface area contributed by atoms with Crippen LogP contribution in [0.5, 0.6) is 0 Å². The number of aromatic nitrogens is 2. The van der Waals surface area contributed by atoms with E-state index in [1.807, 2.05) is 0 Å². The van der Waals surface area contributed by atoms with Gasteiger partial charge in [0.2, 0.25) is 0 Å². The molecule has 0 spiro atoms. The second kappa shape index (κ2) is 8.84. The summed E-state index contributed by atoms with van der Waals surface area (Å²) in [7, 11) is 0. The normalized spacial score (nSPS) is 19.3. The summed E-state index contributed by atoms with van der Waals surface area (Å²) in [6.45, 7) is 9.95. The average Bonchev–Trinajstić information content (AvgIpc) is 3.17. The molecule has 1 aromatic carbocycles. The number of nitrogens with zero attached hydrogens (tertiary/aromatic N) is 4. The van der Waals surface area contributed by atoms with Crippen LogP contribution in [0.3, 0.4) is 0 Å². The lowest BCUT2D eigenvalue weighted by molar-refractivity contribution is 0.235. The number of para-hydroxylation sites is 1. The highest BCUT2D eigenvalue weighted by Crippen LogP contribution is 2.30. The van der Waals surface area contributed by atoms with Crippen molar-refractivity contribution in [3.63, 3.8) is 0 Å². The minimum Gasteiger partial charge on any atom is -0.370 e. The Hall–Kier alpha value is -1.63. The molecule has 1 aromatic heterocycles. The molecule has 0 saturated carbocycles. The highest BCUT2D eigenvalue weighted by molar-refractivity contribution is 5.97. The number of fused-ring (bicyclic) bond motifs is 1. The van der Waals surface area contributed by atoms with Crippen molar-refractivity contribution < 1.29 is 0 Å². The number of rotatable bonds is 5. The maximum Gasteiger partial charge on any atom is 0.137 e. The van der Waals surface area contributed by atoms with Gasteiger partial charge in [0.1, 0.15) is 12.1 Å².